The van der Waals surface area contributed by atoms with Crippen molar-refractivity contribution < 1.29 is 50.5 Å². The van der Waals surface area contributed by atoms with Gasteiger partial charge in [-0.3, -0.25) is 0 Å². The van der Waals surface area contributed by atoms with Crippen molar-refractivity contribution in [3.05, 3.63) is 48.0 Å². The van der Waals surface area contributed by atoms with Gasteiger partial charge in [-0.2, -0.15) is 26.3 Å². The number of nitrogens with zero attached hydrogens (tertiary/aromatic N) is 1. The highest BCUT2D eigenvalue weighted by molar-refractivity contribution is 8.00. The smallest absolute Gasteiger partial charge is 0.490 e. The van der Waals surface area contributed by atoms with Gasteiger partial charge in [-0.1, -0.05) is 12.1 Å². The summed E-state index contributed by atoms with van der Waals surface area (Å²) in [5.74, 6) is -1.36. The maximum atomic E-state index is 12.7. The molecule has 3 N–H and O–H groups in total. The maximum absolute atomic E-state index is 12.7. The first-order chi connectivity index (χ1) is 19.6. The number of benzene rings is 2. The summed E-state index contributed by atoms with van der Waals surface area (Å²) >= 11 is -0.203. The Hall–Kier alpha value is -3.33. The third kappa shape index (κ3) is 8.37. The van der Waals surface area contributed by atoms with Crippen molar-refractivity contribution in [1.82, 2.24) is 10.2 Å². The van der Waals surface area contributed by atoms with E-state index in [2.05, 4.69) is 34.7 Å². The van der Waals surface area contributed by atoms with E-state index in [0.29, 0.717) is 17.2 Å². The van der Waals surface area contributed by atoms with Crippen molar-refractivity contribution in [1.29, 1.82) is 0 Å². The molecule has 1 aliphatic heterocycles. The number of carboxylic acids is 1. The van der Waals surface area contributed by atoms with Crippen LogP contribution in [0.4, 0.5) is 36.8 Å². The second-order valence-electron chi connectivity index (χ2n) is 9.92. The van der Waals surface area contributed by atoms with E-state index in [1.807, 2.05) is 6.07 Å². The highest BCUT2D eigenvalue weighted by Gasteiger charge is 2.50. The van der Waals surface area contributed by atoms with Gasteiger partial charge in [0.1, 0.15) is 0 Å². The number of urea groups is 1. The summed E-state index contributed by atoms with van der Waals surface area (Å²) in [5.41, 5.74) is -2.88. The van der Waals surface area contributed by atoms with Crippen LogP contribution in [0, 0.1) is 0 Å². The molecule has 3 unspecified atom stereocenters. The summed E-state index contributed by atoms with van der Waals surface area (Å²) in [6, 6.07) is 11.7. The van der Waals surface area contributed by atoms with Gasteiger partial charge in [0.25, 0.3) is 0 Å². The van der Waals surface area contributed by atoms with Gasteiger partial charge in [0.15, 0.2) is 11.5 Å². The number of carboxylic acid groups (broad SMARTS) is 1. The van der Waals surface area contributed by atoms with Gasteiger partial charge >= 0.3 is 23.7 Å². The number of hydrogen-bond acceptors (Lipinski definition) is 6. The highest BCUT2D eigenvalue weighted by Crippen LogP contribution is 2.50. The molecule has 1 heterocycles. The Morgan fingerprint density at radius 3 is 2.29 bits per heavy atom. The Kier molecular flexibility index (Phi) is 10.5. The Bertz CT molecular complexity index is 1260. The van der Waals surface area contributed by atoms with Crippen LogP contribution in [0.3, 0.4) is 0 Å². The van der Waals surface area contributed by atoms with Crippen molar-refractivity contribution in [3.63, 3.8) is 0 Å². The standard InChI is InChI=1S/C25H30F3N3O3S.C2HF3O2/c1-31-12-11-24(16-7-8-20(33-2)21(13-16)34-3)10-9-18(15-22(24)31)30-23(32)29-17-5-4-6-19(14-17)35-25(26,27)28;3-2(4,5)1(6)7/h4-8,13-14,18,22H,9-12,15H2,1-3H3,(H2,29,30,32);(H,6,7). The van der Waals surface area contributed by atoms with E-state index in [9.17, 15) is 31.1 Å². The number of nitrogens with one attached hydrogen (secondary N) is 2. The Morgan fingerprint density at radius 2 is 1.69 bits per heavy atom. The van der Waals surface area contributed by atoms with E-state index >= 15 is 0 Å². The fourth-order valence-electron chi connectivity index (χ4n) is 5.52. The summed E-state index contributed by atoms with van der Waals surface area (Å²) in [4.78, 5) is 23.9. The number of ether oxygens (including phenoxy) is 2. The van der Waals surface area contributed by atoms with Gasteiger partial charge < -0.3 is 30.1 Å². The number of hydrogen-bond donors (Lipinski definition) is 3. The maximum Gasteiger partial charge on any atom is 0.490 e. The molecule has 0 spiro atoms. The lowest BCUT2D eigenvalue weighted by molar-refractivity contribution is -0.192. The molecule has 232 valence electrons. The molecule has 0 bridgehead atoms. The minimum Gasteiger partial charge on any atom is -0.493 e. The first kappa shape index (κ1) is 33.2. The quantitative estimate of drug-likeness (QED) is 0.258. The number of amides is 2. The lowest BCUT2D eigenvalue weighted by Gasteiger charge is -2.45. The van der Waals surface area contributed by atoms with Gasteiger partial charge in [-0.05, 0) is 86.9 Å². The highest BCUT2D eigenvalue weighted by atomic mass is 32.2. The molecule has 2 aromatic rings. The predicted octanol–water partition coefficient (Wildman–Crippen LogP) is 6.27. The molecule has 42 heavy (non-hydrogen) atoms. The first-order valence-electron chi connectivity index (χ1n) is 12.7. The predicted molar refractivity (Wildman–Crippen MR) is 144 cm³/mol. The summed E-state index contributed by atoms with van der Waals surface area (Å²) in [6.45, 7) is 0.960. The van der Waals surface area contributed by atoms with Crippen LogP contribution in [0.15, 0.2) is 47.4 Å². The molecule has 3 atom stereocenters. The van der Waals surface area contributed by atoms with Gasteiger partial charge in [0.2, 0.25) is 0 Å². The number of alkyl halides is 6. The van der Waals surface area contributed by atoms with E-state index in [4.69, 9.17) is 19.4 Å². The third-order valence-corrected chi connectivity index (χ3v) is 8.11. The Labute approximate surface area is 242 Å². The number of fused-ring (bicyclic) bond motifs is 1. The minimum atomic E-state index is -5.08. The molecular formula is C27H31F6N3O5S. The zero-order chi connectivity index (χ0) is 31.3. The monoisotopic (exact) mass is 623 g/mol. The SMILES string of the molecule is COc1ccc(C23CCC(NC(=O)Nc4cccc(SC(F)(F)F)c4)CC2N(C)CC3)cc1OC.O=C(O)C(F)(F)F. The number of aliphatic carboxylic acids is 1. The van der Waals surface area contributed by atoms with E-state index in [1.54, 1.807) is 20.3 Å². The van der Waals surface area contributed by atoms with Crippen LogP contribution in [0.1, 0.15) is 31.2 Å². The largest absolute Gasteiger partial charge is 0.493 e. The molecule has 0 aromatic heterocycles. The molecule has 1 saturated carbocycles. The van der Waals surface area contributed by atoms with Gasteiger partial charge in [-0.15, -0.1) is 0 Å². The molecule has 1 aliphatic carbocycles. The molecule has 2 amide bonds. The van der Waals surface area contributed by atoms with Crippen LogP contribution in [-0.2, 0) is 10.2 Å². The van der Waals surface area contributed by atoms with Crippen molar-refractivity contribution in [2.45, 2.75) is 59.8 Å². The number of anilines is 1. The van der Waals surface area contributed by atoms with Crippen LogP contribution in [0.2, 0.25) is 0 Å². The van der Waals surface area contributed by atoms with Crippen molar-refractivity contribution in [2.75, 3.05) is 33.1 Å². The second-order valence-corrected chi connectivity index (χ2v) is 11.1. The van der Waals surface area contributed by atoms with Gasteiger partial charge in [0.05, 0.1) is 14.2 Å². The zero-order valence-corrected chi connectivity index (χ0v) is 23.8. The van der Waals surface area contributed by atoms with E-state index < -0.39 is 23.7 Å². The fraction of sp³-hybridized carbons (Fsp3) is 0.481. The van der Waals surface area contributed by atoms with Crippen molar-refractivity contribution in [2.24, 2.45) is 0 Å². The lowest BCUT2D eigenvalue weighted by atomic mass is 9.65. The summed E-state index contributed by atoms with van der Waals surface area (Å²) < 4.78 is 80.7. The number of halogens is 6. The second kappa shape index (κ2) is 13.3. The van der Waals surface area contributed by atoms with Crippen molar-refractivity contribution in [3.8, 4) is 11.5 Å². The normalized spacial score (nSPS) is 22.3. The molecule has 1 saturated heterocycles. The molecular weight excluding hydrogens is 592 g/mol. The topological polar surface area (TPSA) is 100 Å². The summed E-state index contributed by atoms with van der Waals surface area (Å²) in [7, 11) is 5.36. The van der Waals surface area contributed by atoms with Crippen molar-refractivity contribution >= 4 is 29.4 Å². The molecule has 15 heteroatoms. The molecule has 2 fully saturated rings. The van der Waals surface area contributed by atoms with Crippen LogP contribution < -0.4 is 20.1 Å². The summed E-state index contributed by atoms with van der Waals surface area (Å²) in [6.07, 6.45) is -1.58. The van der Waals surface area contributed by atoms with E-state index in [-0.39, 0.29) is 34.2 Å². The van der Waals surface area contributed by atoms with E-state index in [0.717, 1.165) is 32.2 Å². The molecule has 8 nitrogen and oxygen atoms in total. The number of methoxy groups -OCH3 is 2. The Morgan fingerprint density at radius 1 is 1.02 bits per heavy atom. The van der Waals surface area contributed by atoms with Gasteiger partial charge in [-0.25, -0.2) is 9.59 Å². The number of likely N-dealkylation sites (N-methyl/N-ethyl adjacent to an activating group) is 1. The van der Waals surface area contributed by atoms with Crippen LogP contribution >= 0.6 is 11.8 Å². The molecule has 4 rings (SSSR count). The van der Waals surface area contributed by atoms with Crippen LogP contribution in [0.25, 0.3) is 0 Å². The minimum absolute atomic E-state index is 0.0280. The average Bonchev–Trinajstić information content (AvgIpc) is 3.24. The molecule has 0 radical (unpaired) electrons. The molecule has 2 aromatic carbocycles. The van der Waals surface area contributed by atoms with E-state index in [1.165, 1.54) is 23.8 Å². The third-order valence-electron chi connectivity index (χ3n) is 7.39. The molecule has 2 aliphatic rings. The summed E-state index contributed by atoms with van der Waals surface area (Å²) in [5, 5.41) is 12.8. The number of carbonyl (C=O) groups excluding carboxylic acids is 1. The number of thioether (sulfide) groups is 1. The fourth-order valence-corrected chi connectivity index (χ4v) is 6.12. The zero-order valence-electron chi connectivity index (χ0n) is 22.9. The number of likely N-dealkylation sites (tertiary alicyclic amines) is 1. The Balaban J connectivity index is 0.000000616. The lowest BCUT2D eigenvalue weighted by Crippen LogP contribution is -2.52. The number of carbonyl (C=O) groups is 2. The van der Waals surface area contributed by atoms with Gasteiger partial charge in [0, 0.05) is 28.1 Å². The van der Waals surface area contributed by atoms with Crippen LogP contribution in [0.5, 0.6) is 11.5 Å². The number of rotatable bonds is 6. The van der Waals surface area contributed by atoms with Crippen LogP contribution in [-0.4, -0.2) is 73.6 Å². The average molecular weight is 624 g/mol. The first-order valence-corrected chi connectivity index (χ1v) is 13.6.